The molecule has 0 spiro atoms. The van der Waals surface area contributed by atoms with E-state index in [2.05, 4.69) is 11.8 Å². The molecule has 1 aromatic carbocycles. The zero-order chi connectivity index (χ0) is 26.7. The molecule has 0 aliphatic heterocycles. The smallest absolute Gasteiger partial charge is 0.255 e. The Hall–Kier alpha value is -3.65. The number of allylic oxidation sites excluding steroid dienone is 1. The van der Waals surface area contributed by atoms with Crippen LogP contribution in [0.3, 0.4) is 0 Å². The molecular weight excluding hydrogens is 466 g/mol. The number of rotatable bonds is 3. The van der Waals surface area contributed by atoms with E-state index in [1.807, 2.05) is 19.0 Å². The zero-order valence-electron chi connectivity index (χ0n) is 20.5. The van der Waals surface area contributed by atoms with Gasteiger partial charge in [-0.15, -0.1) is 0 Å². The van der Waals surface area contributed by atoms with Gasteiger partial charge in [-0.05, 0) is 64.6 Å². The van der Waals surface area contributed by atoms with E-state index in [9.17, 15) is 34.8 Å². The molecule has 0 radical (unpaired) electrons. The number of primary amides is 1. The number of phenolic OH excluding ortho intramolecular Hbond substituents is 1. The number of phenols is 1. The second-order valence-electron chi connectivity index (χ2n) is 9.99. The number of nitrogens with zero attached hydrogens (tertiary/aromatic N) is 2. The summed E-state index contributed by atoms with van der Waals surface area (Å²) in [5, 5.41) is 44.2. The van der Waals surface area contributed by atoms with Crippen molar-refractivity contribution in [2.24, 2.45) is 17.6 Å². The highest BCUT2D eigenvalue weighted by Gasteiger charge is 2.63. The van der Waals surface area contributed by atoms with Crippen molar-refractivity contribution in [3.8, 4) is 17.6 Å². The molecule has 10 heteroatoms. The van der Waals surface area contributed by atoms with Gasteiger partial charge in [0.2, 0.25) is 5.78 Å². The number of carbonyl (C=O) groups excluding carboxylic acids is 3. The van der Waals surface area contributed by atoms with Gasteiger partial charge in [0.25, 0.3) is 5.91 Å². The first kappa shape index (κ1) is 25.4. The van der Waals surface area contributed by atoms with Crippen LogP contribution in [0.15, 0.2) is 34.8 Å². The number of carbonyl (C=O) groups is 3. The minimum atomic E-state index is -2.65. The van der Waals surface area contributed by atoms with Gasteiger partial charge in [-0.2, -0.15) is 0 Å². The van der Waals surface area contributed by atoms with Crippen molar-refractivity contribution < 1.29 is 34.8 Å². The summed E-state index contributed by atoms with van der Waals surface area (Å²) in [5.41, 5.74) is 2.68. The number of aromatic hydroxyl groups is 1. The number of benzene rings is 1. The van der Waals surface area contributed by atoms with Crippen LogP contribution >= 0.6 is 0 Å². The second-order valence-corrected chi connectivity index (χ2v) is 9.99. The molecular formula is C26H29N3O7. The average Bonchev–Trinajstić information content (AvgIpc) is 2.77. The minimum Gasteiger partial charge on any atom is -0.510 e. The monoisotopic (exact) mass is 495 g/mol. The number of Topliss-reactive ketones (excluding diaryl/α,β-unsaturated/α-hetero) is 2. The Bertz CT molecular complexity index is 1310. The van der Waals surface area contributed by atoms with E-state index in [0.29, 0.717) is 17.7 Å². The fraction of sp³-hybridized carbons (Fsp3) is 0.423. The summed E-state index contributed by atoms with van der Waals surface area (Å²) in [7, 11) is 6.91. The molecule has 4 atom stereocenters. The van der Waals surface area contributed by atoms with Gasteiger partial charge in [-0.3, -0.25) is 24.2 Å². The topological polar surface area (TPSA) is 165 Å². The molecule has 0 saturated heterocycles. The summed E-state index contributed by atoms with van der Waals surface area (Å²) in [4.78, 5) is 42.3. The van der Waals surface area contributed by atoms with Gasteiger partial charge in [-0.25, -0.2) is 0 Å². The van der Waals surface area contributed by atoms with Crippen LogP contribution in [-0.2, 0) is 16.0 Å². The minimum absolute atomic E-state index is 0.0337. The van der Waals surface area contributed by atoms with Crippen LogP contribution in [0.4, 0.5) is 0 Å². The van der Waals surface area contributed by atoms with Crippen LogP contribution < -0.4 is 5.73 Å². The van der Waals surface area contributed by atoms with Crippen LogP contribution in [-0.4, -0.2) is 94.1 Å². The number of nitrogens with two attached hydrogens (primary N) is 1. The van der Waals surface area contributed by atoms with Gasteiger partial charge in [0.1, 0.15) is 22.8 Å². The molecule has 0 aromatic heterocycles. The lowest BCUT2D eigenvalue weighted by Gasteiger charge is -2.50. The van der Waals surface area contributed by atoms with Crippen molar-refractivity contribution in [1.29, 1.82) is 0 Å². The largest absolute Gasteiger partial charge is 0.510 e. The van der Waals surface area contributed by atoms with E-state index in [-0.39, 0.29) is 29.7 Å². The third-order valence-corrected chi connectivity index (χ3v) is 7.22. The summed E-state index contributed by atoms with van der Waals surface area (Å²) in [6.45, 7) is 0.481. The predicted octanol–water partition coefficient (Wildman–Crippen LogP) is 0.0337. The molecule has 0 heterocycles. The Labute approximate surface area is 208 Å². The van der Waals surface area contributed by atoms with Crippen molar-refractivity contribution in [1.82, 2.24) is 9.80 Å². The van der Waals surface area contributed by atoms with E-state index in [1.165, 1.54) is 11.0 Å². The zero-order valence-corrected chi connectivity index (χ0v) is 20.5. The van der Waals surface area contributed by atoms with E-state index in [0.717, 1.165) is 0 Å². The van der Waals surface area contributed by atoms with Gasteiger partial charge >= 0.3 is 0 Å². The standard InChI is InChI=1S/C26H29N3O7/c1-28(2)9-5-6-12-7-8-16(30)18-14(12)10-13-11-15-20(29(3)4)22(32)19(25(27)35)24(34)26(15,36)23(33)17(13)21(18)31/h7-8,13,15,20,30,32-33,36H,9-11H2,1-4H3,(H2,27,35)/t13?,15?,20-,26-/m0/s1. The number of aliphatic hydroxyl groups is 3. The summed E-state index contributed by atoms with van der Waals surface area (Å²) >= 11 is 0. The second kappa shape index (κ2) is 8.78. The number of hydrogen-bond acceptors (Lipinski definition) is 9. The molecule has 0 bridgehead atoms. The third-order valence-electron chi connectivity index (χ3n) is 7.22. The molecule has 2 unspecified atom stereocenters. The summed E-state index contributed by atoms with van der Waals surface area (Å²) in [6, 6.07) is 1.94. The first-order chi connectivity index (χ1) is 16.8. The molecule has 190 valence electrons. The predicted molar refractivity (Wildman–Crippen MR) is 129 cm³/mol. The number of amides is 1. The molecule has 0 saturated carbocycles. The highest BCUT2D eigenvalue weighted by atomic mass is 16.3. The molecule has 1 amide bonds. The maximum absolute atomic E-state index is 13.6. The molecule has 3 aliphatic carbocycles. The van der Waals surface area contributed by atoms with Crippen molar-refractivity contribution >= 4 is 17.5 Å². The molecule has 3 aliphatic rings. The van der Waals surface area contributed by atoms with Crippen molar-refractivity contribution in [2.75, 3.05) is 34.7 Å². The molecule has 6 N–H and O–H groups in total. The van der Waals surface area contributed by atoms with Crippen LogP contribution in [0.25, 0.3) is 0 Å². The summed E-state index contributed by atoms with van der Waals surface area (Å²) in [5.74, 6) is -0.678. The lowest BCUT2D eigenvalue weighted by atomic mass is 9.58. The molecule has 4 rings (SSSR count). The number of ketones is 2. The highest BCUT2D eigenvalue weighted by molar-refractivity contribution is 6.24. The van der Waals surface area contributed by atoms with Crippen LogP contribution in [0.5, 0.6) is 5.75 Å². The van der Waals surface area contributed by atoms with Crippen molar-refractivity contribution in [2.45, 2.75) is 24.5 Å². The van der Waals surface area contributed by atoms with E-state index < -0.39 is 58.0 Å². The van der Waals surface area contributed by atoms with Crippen molar-refractivity contribution in [3.05, 3.63) is 51.5 Å². The van der Waals surface area contributed by atoms with Crippen LogP contribution in [0, 0.1) is 23.7 Å². The third kappa shape index (κ3) is 3.59. The summed E-state index contributed by atoms with van der Waals surface area (Å²) in [6.07, 6.45) is 0.237. The molecule has 1 aromatic rings. The van der Waals surface area contributed by atoms with E-state index in [4.69, 9.17) is 5.73 Å². The van der Waals surface area contributed by atoms with Gasteiger partial charge < -0.3 is 26.2 Å². The van der Waals surface area contributed by atoms with Gasteiger partial charge in [-0.1, -0.05) is 11.8 Å². The Balaban J connectivity index is 1.91. The SMILES string of the molecule is CN(C)CC#Cc1ccc(O)c2c1CC1CC3[C@H](N(C)C)C(O)=C(C(N)=O)C(=O)[C@@]3(O)C(O)=C1C2=O. The molecule has 0 fully saturated rings. The maximum Gasteiger partial charge on any atom is 0.255 e. The lowest BCUT2D eigenvalue weighted by molar-refractivity contribution is -0.148. The first-order valence-corrected chi connectivity index (χ1v) is 11.5. The van der Waals surface area contributed by atoms with Crippen molar-refractivity contribution in [3.63, 3.8) is 0 Å². The highest BCUT2D eigenvalue weighted by Crippen LogP contribution is 2.52. The van der Waals surface area contributed by atoms with Crippen LogP contribution in [0.1, 0.15) is 27.9 Å². The Morgan fingerprint density at radius 3 is 2.42 bits per heavy atom. The number of aliphatic hydroxyl groups excluding tert-OH is 2. The lowest BCUT2D eigenvalue weighted by Crippen LogP contribution is -2.63. The Kier molecular flexibility index (Phi) is 6.21. The normalized spacial score (nSPS) is 27.5. The fourth-order valence-corrected chi connectivity index (χ4v) is 5.66. The maximum atomic E-state index is 13.6. The van der Waals surface area contributed by atoms with E-state index >= 15 is 0 Å². The number of hydrogen-bond donors (Lipinski definition) is 5. The van der Waals surface area contributed by atoms with Gasteiger partial charge in [0.05, 0.1) is 18.2 Å². The number of likely N-dealkylation sites (N-methyl/N-ethyl adjacent to an activating group) is 1. The van der Waals surface area contributed by atoms with Gasteiger partial charge in [0, 0.05) is 17.1 Å². The average molecular weight is 496 g/mol. The fourth-order valence-electron chi connectivity index (χ4n) is 5.66. The van der Waals surface area contributed by atoms with E-state index in [1.54, 1.807) is 20.2 Å². The number of fused-ring (bicyclic) bond motifs is 3. The quantitative estimate of drug-likeness (QED) is 0.287. The first-order valence-electron chi connectivity index (χ1n) is 11.5. The molecule has 10 nitrogen and oxygen atoms in total. The molecule has 36 heavy (non-hydrogen) atoms. The van der Waals surface area contributed by atoms with Crippen LogP contribution in [0.2, 0.25) is 0 Å². The Morgan fingerprint density at radius 1 is 1.17 bits per heavy atom. The van der Waals surface area contributed by atoms with Gasteiger partial charge in [0.15, 0.2) is 11.4 Å². The Morgan fingerprint density at radius 2 is 1.83 bits per heavy atom. The summed E-state index contributed by atoms with van der Waals surface area (Å²) < 4.78 is 0.